The second-order valence-corrected chi connectivity index (χ2v) is 7.81. The van der Waals surface area contributed by atoms with Gasteiger partial charge in [0.05, 0.1) is 0 Å². The lowest BCUT2D eigenvalue weighted by Gasteiger charge is -2.18. The van der Waals surface area contributed by atoms with Crippen LogP contribution in [0.15, 0.2) is 54.2 Å². The van der Waals surface area contributed by atoms with Crippen LogP contribution in [0.3, 0.4) is 0 Å². The molecule has 0 radical (unpaired) electrons. The number of urea groups is 1. The topological polar surface area (TPSA) is 78.5 Å². The van der Waals surface area contributed by atoms with Crippen molar-refractivity contribution < 1.29 is 18.8 Å². The van der Waals surface area contributed by atoms with Gasteiger partial charge in [-0.15, -0.1) is 0 Å². The lowest BCUT2D eigenvalue weighted by atomic mass is 9.87. The first-order chi connectivity index (χ1) is 13.6. The molecule has 29 heavy (non-hydrogen) atoms. The predicted molar refractivity (Wildman–Crippen MR) is 108 cm³/mol. The first kappa shape index (κ1) is 20.3. The maximum Gasteiger partial charge on any atom is 0.329 e. The minimum atomic E-state index is -0.665. The van der Waals surface area contributed by atoms with Crippen LogP contribution in [0.25, 0.3) is 6.08 Å². The molecule has 1 aliphatic rings. The van der Waals surface area contributed by atoms with Gasteiger partial charge in [0, 0.05) is 5.69 Å². The maximum atomic E-state index is 12.9. The Morgan fingerprint density at radius 1 is 1.07 bits per heavy atom. The number of hydrogen-bond donors (Lipinski definition) is 2. The van der Waals surface area contributed by atoms with E-state index in [0.717, 1.165) is 16.0 Å². The molecule has 0 bridgehead atoms. The Morgan fingerprint density at radius 3 is 2.28 bits per heavy atom. The van der Waals surface area contributed by atoms with E-state index < -0.39 is 30.2 Å². The second kappa shape index (κ2) is 7.87. The van der Waals surface area contributed by atoms with Crippen molar-refractivity contribution in [3.05, 3.63) is 71.2 Å². The van der Waals surface area contributed by atoms with Crippen molar-refractivity contribution in [2.24, 2.45) is 0 Å². The Kier molecular flexibility index (Phi) is 5.50. The van der Waals surface area contributed by atoms with Gasteiger partial charge in [-0.3, -0.25) is 9.59 Å². The zero-order valence-electron chi connectivity index (χ0n) is 16.5. The molecule has 2 aromatic rings. The number of amides is 4. The van der Waals surface area contributed by atoms with Crippen LogP contribution < -0.4 is 10.6 Å². The third kappa shape index (κ3) is 4.87. The van der Waals surface area contributed by atoms with Gasteiger partial charge >= 0.3 is 6.03 Å². The van der Waals surface area contributed by atoms with Gasteiger partial charge < -0.3 is 10.6 Å². The average Bonchev–Trinajstić information content (AvgIpc) is 2.91. The van der Waals surface area contributed by atoms with E-state index in [0.29, 0.717) is 5.69 Å². The Bertz CT molecular complexity index is 974. The monoisotopic (exact) mass is 395 g/mol. The molecule has 0 saturated carbocycles. The van der Waals surface area contributed by atoms with Gasteiger partial charge in [0.2, 0.25) is 5.91 Å². The molecule has 150 valence electrons. The number of benzene rings is 2. The van der Waals surface area contributed by atoms with Crippen LogP contribution in [0.2, 0.25) is 0 Å². The van der Waals surface area contributed by atoms with Crippen LogP contribution in [0.4, 0.5) is 14.9 Å². The molecule has 1 aliphatic heterocycles. The summed E-state index contributed by atoms with van der Waals surface area (Å²) in [6, 6.07) is 12.2. The number of carbonyl (C=O) groups is 3. The van der Waals surface area contributed by atoms with E-state index >= 15 is 0 Å². The van der Waals surface area contributed by atoms with Crippen LogP contribution in [-0.2, 0) is 15.0 Å². The zero-order valence-corrected chi connectivity index (χ0v) is 16.5. The van der Waals surface area contributed by atoms with Gasteiger partial charge in [-0.1, -0.05) is 45.0 Å². The fourth-order valence-corrected chi connectivity index (χ4v) is 2.84. The summed E-state index contributed by atoms with van der Waals surface area (Å²) in [5, 5.41) is 5.02. The van der Waals surface area contributed by atoms with Crippen LogP contribution in [0.5, 0.6) is 0 Å². The molecule has 4 amide bonds. The van der Waals surface area contributed by atoms with E-state index in [-0.39, 0.29) is 11.1 Å². The van der Waals surface area contributed by atoms with Crippen molar-refractivity contribution in [2.45, 2.75) is 26.2 Å². The molecule has 7 heteroatoms. The zero-order chi connectivity index (χ0) is 21.2. The molecule has 2 aromatic carbocycles. The van der Waals surface area contributed by atoms with Crippen molar-refractivity contribution in [2.75, 3.05) is 11.9 Å². The SMILES string of the molecule is CC(C)(C)c1ccc(/C=C2\NC(=O)N(CC(=O)Nc3ccc(F)cc3)C2=O)cc1. The molecule has 0 spiro atoms. The first-order valence-corrected chi connectivity index (χ1v) is 9.14. The normalized spacial score (nSPS) is 15.6. The second-order valence-electron chi connectivity index (χ2n) is 7.81. The van der Waals surface area contributed by atoms with Crippen molar-refractivity contribution >= 4 is 29.6 Å². The van der Waals surface area contributed by atoms with Crippen molar-refractivity contribution in [3.63, 3.8) is 0 Å². The van der Waals surface area contributed by atoms with Gasteiger partial charge in [-0.05, 0) is 46.9 Å². The molecular weight excluding hydrogens is 373 g/mol. The molecule has 1 saturated heterocycles. The van der Waals surface area contributed by atoms with E-state index in [1.165, 1.54) is 24.3 Å². The van der Waals surface area contributed by atoms with Crippen LogP contribution in [0.1, 0.15) is 31.9 Å². The summed E-state index contributed by atoms with van der Waals surface area (Å²) in [4.78, 5) is 37.6. The van der Waals surface area contributed by atoms with Gasteiger partial charge in [0.25, 0.3) is 5.91 Å². The highest BCUT2D eigenvalue weighted by molar-refractivity contribution is 6.15. The molecular formula is C22H22FN3O3. The van der Waals surface area contributed by atoms with E-state index in [1.807, 2.05) is 24.3 Å². The van der Waals surface area contributed by atoms with E-state index in [4.69, 9.17) is 0 Å². The van der Waals surface area contributed by atoms with Gasteiger partial charge in [-0.2, -0.15) is 0 Å². The van der Waals surface area contributed by atoms with E-state index in [9.17, 15) is 18.8 Å². The summed E-state index contributed by atoms with van der Waals surface area (Å²) in [6.45, 7) is 5.88. The summed E-state index contributed by atoms with van der Waals surface area (Å²) in [5.41, 5.74) is 2.41. The third-order valence-corrected chi connectivity index (χ3v) is 4.48. The quantitative estimate of drug-likeness (QED) is 0.613. The molecule has 6 nitrogen and oxygen atoms in total. The Balaban J connectivity index is 1.68. The standard InChI is InChI=1S/C22H22FN3O3/c1-22(2,3)15-6-4-14(5-7-15)12-18-20(28)26(21(29)25-18)13-19(27)24-17-10-8-16(23)9-11-17/h4-12H,13H2,1-3H3,(H,24,27)(H,25,29)/b18-12-. The molecule has 0 aromatic heterocycles. The molecule has 3 rings (SSSR count). The van der Waals surface area contributed by atoms with E-state index in [1.54, 1.807) is 6.08 Å². The molecule has 0 unspecified atom stereocenters. The molecule has 0 aliphatic carbocycles. The predicted octanol–water partition coefficient (Wildman–Crippen LogP) is 3.65. The number of anilines is 1. The number of nitrogens with zero attached hydrogens (tertiary/aromatic N) is 1. The summed E-state index contributed by atoms with van der Waals surface area (Å²) < 4.78 is 12.9. The largest absolute Gasteiger partial charge is 0.329 e. The summed E-state index contributed by atoms with van der Waals surface area (Å²) in [7, 11) is 0. The fraction of sp³-hybridized carbons (Fsp3) is 0.227. The third-order valence-electron chi connectivity index (χ3n) is 4.48. The van der Waals surface area contributed by atoms with E-state index in [2.05, 4.69) is 31.4 Å². The number of imide groups is 1. The fourth-order valence-electron chi connectivity index (χ4n) is 2.84. The van der Waals surface area contributed by atoms with Gasteiger partial charge in [0.15, 0.2) is 0 Å². The number of carbonyl (C=O) groups excluding carboxylic acids is 3. The summed E-state index contributed by atoms with van der Waals surface area (Å²) in [5.74, 6) is -1.57. The Morgan fingerprint density at radius 2 is 1.69 bits per heavy atom. The van der Waals surface area contributed by atoms with Gasteiger partial charge in [-0.25, -0.2) is 14.1 Å². The highest BCUT2D eigenvalue weighted by Gasteiger charge is 2.34. The lowest BCUT2D eigenvalue weighted by molar-refractivity contribution is -0.127. The molecule has 1 heterocycles. The molecule has 1 fully saturated rings. The van der Waals surface area contributed by atoms with Crippen LogP contribution in [-0.4, -0.2) is 29.3 Å². The average molecular weight is 395 g/mol. The number of rotatable bonds is 4. The number of hydrogen-bond acceptors (Lipinski definition) is 3. The van der Waals surface area contributed by atoms with Crippen LogP contribution in [0, 0.1) is 5.82 Å². The first-order valence-electron chi connectivity index (χ1n) is 9.14. The number of nitrogens with one attached hydrogen (secondary N) is 2. The summed E-state index contributed by atoms with van der Waals surface area (Å²) >= 11 is 0. The molecule has 0 atom stereocenters. The maximum absolute atomic E-state index is 12.9. The Labute approximate surface area is 168 Å². The molecule has 2 N–H and O–H groups in total. The Hall–Kier alpha value is -3.48. The van der Waals surface area contributed by atoms with Crippen LogP contribution >= 0.6 is 0 Å². The summed E-state index contributed by atoms with van der Waals surface area (Å²) in [6.07, 6.45) is 1.57. The van der Waals surface area contributed by atoms with Gasteiger partial charge in [0.1, 0.15) is 18.1 Å². The smallest absolute Gasteiger partial charge is 0.325 e. The minimum absolute atomic E-state index is 0.0117. The van der Waals surface area contributed by atoms with Crippen molar-refractivity contribution in [1.82, 2.24) is 10.2 Å². The number of halogens is 1. The van der Waals surface area contributed by atoms with Crippen molar-refractivity contribution in [3.8, 4) is 0 Å². The highest BCUT2D eigenvalue weighted by Crippen LogP contribution is 2.23. The van der Waals surface area contributed by atoms with Crippen molar-refractivity contribution in [1.29, 1.82) is 0 Å². The lowest BCUT2D eigenvalue weighted by Crippen LogP contribution is -2.38. The highest BCUT2D eigenvalue weighted by atomic mass is 19.1. The minimum Gasteiger partial charge on any atom is -0.325 e.